The minimum atomic E-state index is -4.52. The monoisotopic (exact) mass is 515 g/mol. The highest BCUT2D eigenvalue weighted by molar-refractivity contribution is 5.93. The molecule has 192 valence electrons. The maximum Gasteiger partial charge on any atom is 0.416 e. The lowest BCUT2D eigenvalue weighted by atomic mass is 10.1. The van der Waals surface area contributed by atoms with Crippen LogP contribution in [-0.2, 0) is 12.7 Å². The summed E-state index contributed by atoms with van der Waals surface area (Å²) in [6.45, 7) is 1.26. The number of piperidine rings is 1. The summed E-state index contributed by atoms with van der Waals surface area (Å²) in [5, 5.41) is 17.4. The van der Waals surface area contributed by atoms with Gasteiger partial charge in [-0.05, 0) is 49.6 Å². The first kappa shape index (κ1) is 24.5. The molecule has 1 fully saturated rings. The lowest BCUT2D eigenvalue weighted by molar-refractivity contribution is -0.137. The van der Waals surface area contributed by atoms with Crippen LogP contribution in [0.2, 0.25) is 0 Å². The van der Waals surface area contributed by atoms with Gasteiger partial charge in [-0.25, -0.2) is 13.9 Å². The third-order valence-corrected chi connectivity index (χ3v) is 6.39. The Balaban J connectivity index is 1.57. The molecule has 1 aliphatic rings. The molecule has 0 saturated carbocycles. The fourth-order valence-corrected chi connectivity index (χ4v) is 4.56. The number of anilines is 1. The molecule has 8 nitrogen and oxygen atoms in total. The summed E-state index contributed by atoms with van der Waals surface area (Å²) in [6.07, 6.45) is 0.896. The van der Waals surface area contributed by atoms with Crippen LogP contribution in [0.1, 0.15) is 40.9 Å². The second-order valence-electron chi connectivity index (χ2n) is 8.88. The van der Waals surface area contributed by atoms with Crippen LogP contribution in [0, 0.1) is 5.82 Å². The van der Waals surface area contributed by atoms with Crippen molar-refractivity contribution < 1.29 is 27.5 Å². The molecule has 1 N–H and O–H groups in total. The fourth-order valence-electron chi connectivity index (χ4n) is 4.56. The molecular formula is C25H21F4N5O3. The number of alkyl halides is 3. The van der Waals surface area contributed by atoms with Gasteiger partial charge in [-0.3, -0.25) is 4.79 Å². The molecule has 0 aliphatic carbocycles. The molecule has 2 aromatic heterocycles. The Hall–Kier alpha value is -4.22. The van der Waals surface area contributed by atoms with E-state index in [-0.39, 0.29) is 17.6 Å². The van der Waals surface area contributed by atoms with Gasteiger partial charge in [0.25, 0.3) is 0 Å². The first-order valence-electron chi connectivity index (χ1n) is 11.6. The van der Waals surface area contributed by atoms with E-state index in [0.29, 0.717) is 30.0 Å². The smallest absolute Gasteiger partial charge is 0.416 e. The number of hydrogen-bond donors (Lipinski definition) is 1. The topological polar surface area (TPSA) is 93.2 Å². The molecule has 5 rings (SSSR count). The molecule has 3 heterocycles. The van der Waals surface area contributed by atoms with Crippen molar-refractivity contribution in [3.63, 3.8) is 0 Å². The quantitative estimate of drug-likeness (QED) is 0.394. The number of pyridine rings is 1. The van der Waals surface area contributed by atoms with E-state index >= 15 is 4.39 Å². The zero-order chi connectivity index (χ0) is 26.3. The summed E-state index contributed by atoms with van der Waals surface area (Å²) < 4.78 is 57.0. The molecule has 0 unspecified atom stereocenters. The van der Waals surface area contributed by atoms with Crippen LogP contribution in [0.4, 0.5) is 23.2 Å². The minimum Gasteiger partial charge on any atom is -0.477 e. The number of halogens is 4. The maximum atomic E-state index is 15.0. The van der Waals surface area contributed by atoms with Crippen LogP contribution in [0.5, 0.6) is 0 Å². The molecular weight excluding hydrogens is 494 g/mol. The molecule has 0 atom stereocenters. The van der Waals surface area contributed by atoms with Crippen LogP contribution >= 0.6 is 0 Å². The van der Waals surface area contributed by atoms with E-state index in [9.17, 15) is 27.9 Å². The SMILES string of the molecule is O=C(O)c1cn(Cc2cn(-c3cccc(C(F)(F)F)c3)nn2)c2cc(N3CCCCC3)c(F)cc2c1=O. The van der Waals surface area contributed by atoms with Gasteiger partial charge >= 0.3 is 12.1 Å². The average molecular weight is 515 g/mol. The molecule has 37 heavy (non-hydrogen) atoms. The van der Waals surface area contributed by atoms with E-state index in [1.165, 1.54) is 33.6 Å². The number of carbonyl (C=O) groups is 1. The average Bonchev–Trinajstić information content (AvgIpc) is 3.34. The highest BCUT2D eigenvalue weighted by atomic mass is 19.4. The standard InChI is InChI=1S/C25H21F4N5O3/c26-20-10-18-21(11-22(20)32-7-2-1-3-8-32)33(14-19(23(18)35)24(36)37)12-16-13-34(31-30-16)17-6-4-5-15(9-17)25(27,28)29/h4-6,9-11,13-14H,1-3,7-8,12H2,(H,36,37). The predicted octanol–water partition coefficient (Wildman–Crippen LogP) is 4.48. The number of nitrogens with zero attached hydrogens (tertiary/aromatic N) is 5. The number of aromatic carboxylic acids is 1. The van der Waals surface area contributed by atoms with Gasteiger partial charge in [-0.2, -0.15) is 13.2 Å². The Morgan fingerprint density at radius 1 is 1.05 bits per heavy atom. The molecule has 1 aliphatic heterocycles. The number of hydrogen-bond acceptors (Lipinski definition) is 5. The van der Waals surface area contributed by atoms with Crippen LogP contribution in [0.3, 0.4) is 0 Å². The van der Waals surface area contributed by atoms with Gasteiger partial charge in [0.05, 0.1) is 35.2 Å². The van der Waals surface area contributed by atoms with Crippen molar-refractivity contribution in [3.8, 4) is 5.69 Å². The van der Waals surface area contributed by atoms with Crippen molar-refractivity contribution in [2.75, 3.05) is 18.0 Å². The molecule has 0 amide bonds. The van der Waals surface area contributed by atoms with Crippen molar-refractivity contribution in [2.24, 2.45) is 0 Å². The number of carboxylic acids is 1. The van der Waals surface area contributed by atoms with Crippen LogP contribution < -0.4 is 10.3 Å². The maximum absolute atomic E-state index is 15.0. The Morgan fingerprint density at radius 3 is 2.51 bits per heavy atom. The normalized spacial score (nSPS) is 14.3. The van der Waals surface area contributed by atoms with E-state index in [2.05, 4.69) is 10.3 Å². The van der Waals surface area contributed by atoms with Crippen molar-refractivity contribution in [3.05, 3.63) is 81.7 Å². The third-order valence-electron chi connectivity index (χ3n) is 6.39. The highest BCUT2D eigenvalue weighted by Gasteiger charge is 2.30. The third kappa shape index (κ3) is 4.78. The van der Waals surface area contributed by atoms with Gasteiger partial charge in [0.15, 0.2) is 0 Å². The molecule has 0 bridgehead atoms. The first-order chi connectivity index (χ1) is 17.6. The Labute approximate surface area is 207 Å². The molecule has 0 radical (unpaired) electrons. The second kappa shape index (κ2) is 9.34. The fraction of sp³-hybridized carbons (Fsp3) is 0.280. The van der Waals surface area contributed by atoms with Crippen molar-refractivity contribution in [2.45, 2.75) is 32.0 Å². The molecule has 2 aromatic carbocycles. The largest absolute Gasteiger partial charge is 0.477 e. The molecule has 1 saturated heterocycles. The summed E-state index contributed by atoms with van der Waals surface area (Å²) in [5.74, 6) is -2.08. The van der Waals surface area contributed by atoms with Gasteiger partial charge < -0.3 is 14.6 Å². The number of aromatic nitrogens is 4. The van der Waals surface area contributed by atoms with Crippen LogP contribution in [0.15, 0.2) is 53.6 Å². The molecule has 0 spiro atoms. The number of benzene rings is 2. The summed E-state index contributed by atoms with van der Waals surface area (Å²) in [5.41, 5.74) is -1.13. The van der Waals surface area contributed by atoms with Crippen molar-refractivity contribution in [1.82, 2.24) is 19.6 Å². The van der Waals surface area contributed by atoms with Gasteiger partial charge in [0.2, 0.25) is 5.43 Å². The molecule has 12 heteroatoms. The lowest BCUT2D eigenvalue weighted by Crippen LogP contribution is -2.30. The van der Waals surface area contributed by atoms with E-state index in [1.54, 1.807) is 0 Å². The predicted molar refractivity (Wildman–Crippen MR) is 127 cm³/mol. The minimum absolute atomic E-state index is 0.0545. The number of fused-ring (bicyclic) bond motifs is 1. The highest BCUT2D eigenvalue weighted by Crippen LogP contribution is 2.31. The number of carboxylic acid groups (broad SMARTS) is 1. The van der Waals surface area contributed by atoms with E-state index in [0.717, 1.165) is 43.7 Å². The Morgan fingerprint density at radius 2 is 1.81 bits per heavy atom. The first-order valence-corrected chi connectivity index (χ1v) is 11.6. The zero-order valence-corrected chi connectivity index (χ0v) is 19.4. The van der Waals surface area contributed by atoms with Crippen molar-refractivity contribution in [1.29, 1.82) is 0 Å². The van der Waals surface area contributed by atoms with Gasteiger partial charge in [-0.15, -0.1) is 5.10 Å². The Bertz CT molecular complexity index is 1550. The van der Waals surface area contributed by atoms with Crippen LogP contribution in [-0.4, -0.2) is 43.7 Å². The lowest BCUT2D eigenvalue weighted by Gasteiger charge is -2.29. The number of rotatable bonds is 5. The van der Waals surface area contributed by atoms with E-state index in [1.807, 2.05) is 4.90 Å². The summed E-state index contributed by atoms with van der Waals surface area (Å²) in [6, 6.07) is 7.16. The van der Waals surface area contributed by atoms with Crippen LogP contribution in [0.25, 0.3) is 16.6 Å². The second-order valence-corrected chi connectivity index (χ2v) is 8.88. The molecule has 4 aromatic rings. The van der Waals surface area contributed by atoms with Gasteiger partial charge in [0.1, 0.15) is 17.1 Å². The Kier molecular flexibility index (Phi) is 6.18. The van der Waals surface area contributed by atoms with E-state index < -0.39 is 34.5 Å². The summed E-state index contributed by atoms with van der Waals surface area (Å²) >= 11 is 0. The van der Waals surface area contributed by atoms with Crippen molar-refractivity contribution >= 4 is 22.6 Å². The summed E-state index contributed by atoms with van der Waals surface area (Å²) in [7, 11) is 0. The van der Waals surface area contributed by atoms with Gasteiger partial charge in [-0.1, -0.05) is 11.3 Å². The summed E-state index contributed by atoms with van der Waals surface area (Å²) in [4.78, 5) is 26.4. The zero-order valence-electron chi connectivity index (χ0n) is 19.4. The van der Waals surface area contributed by atoms with E-state index in [4.69, 9.17) is 0 Å². The van der Waals surface area contributed by atoms with Gasteiger partial charge in [0, 0.05) is 24.7 Å².